The largest absolute Gasteiger partial charge is 0.367 e. The second kappa shape index (κ2) is 12.9. The quantitative estimate of drug-likeness (QED) is 0.155. The molecule has 0 spiro atoms. The molecule has 2 heterocycles. The molecule has 3 aromatic carbocycles. The molecule has 4 aromatic rings. The zero-order valence-electron chi connectivity index (χ0n) is 22.9. The lowest BCUT2D eigenvalue weighted by atomic mass is 10.0. The van der Waals surface area contributed by atoms with Crippen molar-refractivity contribution >= 4 is 40.5 Å². The van der Waals surface area contributed by atoms with Gasteiger partial charge in [-0.2, -0.15) is 0 Å². The van der Waals surface area contributed by atoms with Gasteiger partial charge in [-0.25, -0.2) is 4.98 Å². The number of nitrogens with one attached hydrogen (secondary N) is 3. The molecule has 5 rings (SSSR count). The summed E-state index contributed by atoms with van der Waals surface area (Å²) in [6.07, 6.45) is 3.32. The molecule has 208 valence electrons. The fraction of sp³-hybridized carbons (Fsp3) is 0.212. The van der Waals surface area contributed by atoms with Gasteiger partial charge in [-0.15, -0.1) is 0 Å². The van der Waals surface area contributed by atoms with Crippen molar-refractivity contribution in [3.63, 3.8) is 0 Å². The van der Waals surface area contributed by atoms with Gasteiger partial charge in [-0.05, 0) is 49.6 Å². The Bertz CT molecular complexity index is 1530. The molecule has 0 radical (unpaired) electrons. The summed E-state index contributed by atoms with van der Waals surface area (Å²) in [6.45, 7) is 4.48. The molecule has 1 fully saturated rings. The summed E-state index contributed by atoms with van der Waals surface area (Å²) >= 11 is 6.70. The number of benzene rings is 3. The second-order valence-electron chi connectivity index (χ2n) is 10.2. The van der Waals surface area contributed by atoms with Crippen LogP contribution in [0.25, 0.3) is 0 Å². The average Bonchev–Trinajstić information content (AvgIpc) is 2.99. The lowest BCUT2D eigenvalue weighted by Crippen LogP contribution is -2.39. The summed E-state index contributed by atoms with van der Waals surface area (Å²) in [7, 11) is 0. The van der Waals surface area contributed by atoms with Gasteiger partial charge < -0.3 is 16.0 Å². The standard InChI is InChI=1S/C33H32ClN5O2/c1-22(35)29-30(34)28(33(41)38-26-14-12-25(13-15-26)31(40)24-10-6-3-7-11-24)20-36-32(29)37-27-16-18-39(19-17-27)21-23-8-4-2-5-9-23/h2-15,20,27,35H,16-19,21H2,1H3,(H,36,37)(H,38,41). The monoisotopic (exact) mass is 565 g/mol. The van der Waals surface area contributed by atoms with Crippen LogP contribution in [0.15, 0.2) is 91.1 Å². The summed E-state index contributed by atoms with van der Waals surface area (Å²) in [5, 5.41) is 14.8. The van der Waals surface area contributed by atoms with Gasteiger partial charge in [0.1, 0.15) is 5.82 Å². The number of nitrogens with zero attached hydrogens (tertiary/aromatic N) is 2. The third kappa shape index (κ3) is 6.88. The summed E-state index contributed by atoms with van der Waals surface area (Å²) in [5.41, 5.74) is 3.79. The number of anilines is 2. The second-order valence-corrected chi connectivity index (χ2v) is 10.6. The number of carbonyl (C=O) groups is 2. The number of amides is 1. The van der Waals surface area contributed by atoms with E-state index in [4.69, 9.17) is 17.0 Å². The summed E-state index contributed by atoms with van der Waals surface area (Å²) in [5.74, 6) is -0.0102. The van der Waals surface area contributed by atoms with Crippen LogP contribution >= 0.6 is 11.6 Å². The third-order valence-electron chi connectivity index (χ3n) is 7.25. The smallest absolute Gasteiger partial charge is 0.258 e. The molecule has 0 bridgehead atoms. The van der Waals surface area contributed by atoms with Gasteiger partial charge >= 0.3 is 0 Å². The highest BCUT2D eigenvalue weighted by molar-refractivity contribution is 6.38. The van der Waals surface area contributed by atoms with Gasteiger partial charge in [0, 0.05) is 54.4 Å². The van der Waals surface area contributed by atoms with Crippen molar-refractivity contribution in [2.24, 2.45) is 0 Å². The Labute approximate surface area is 245 Å². The predicted molar refractivity (Wildman–Crippen MR) is 164 cm³/mol. The van der Waals surface area contributed by atoms with E-state index in [1.807, 2.05) is 24.3 Å². The molecular formula is C33H32ClN5O2. The highest BCUT2D eigenvalue weighted by Gasteiger charge is 2.24. The molecule has 41 heavy (non-hydrogen) atoms. The van der Waals surface area contributed by atoms with Crippen LogP contribution in [0.4, 0.5) is 11.5 Å². The van der Waals surface area contributed by atoms with Crippen LogP contribution in [0.1, 0.15) is 57.2 Å². The van der Waals surface area contributed by atoms with E-state index in [2.05, 4.69) is 44.8 Å². The molecular weight excluding hydrogens is 534 g/mol. The van der Waals surface area contributed by atoms with E-state index in [-0.39, 0.29) is 28.1 Å². The number of carbonyl (C=O) groups excluding carboxylic acids is 2. The van der Waals surface area contributed by atoms with E-state index >= 15 is 0 Å². The Balaban J connectivity index is 1.23. The minimum absolute atomic E-state index is 0.0909. The number of aromatic nitrogens is 1. The molecule has 0 atom stereocenters. The normalized spacial score (nSPS) is 13.9. The zero-order valence-corrected chi connectivity index (χ0v) is 23.6. The van der Waals surface area contributed by atoms with Crippen molar-refractivity contribution in [1.29, 1.82) is 5.41 Å². The Kier molecular flexibility index (Phi) is 8.87. The number of rotatable bonds is 9. The molecule has 3 N–H and O–H groups in total. The first-order valence-corrected chi connectivity index (χ1v) is 14.0. The molecule has 8 heteroatoms. The van der Waals surface area contributed by atoms with Gasteiger partial charge in [0.25, 0.3) is 5.91 Å². The highest BCUT2D eigenvalue weighted by atomic mass is 35.5. The van der Waals surface area contributed by atoms with E-state index in [1.165, 1.54) is 11.8 Å². The Morgan fingerprint density at radius 2 is 1.54 bits per heavy atom. The lowest BCUT2D eigenvalue weighted by molar-refractivity contribution is 0.102. The van der Waals surface area contributed by atoms with Gasteiger partial charge in [0.15, 0.2) is 5.78 Å². The van der Waals surface area contributed by atoms with Crippen LogP contribution < -0.4 is 10.6 Å². The maximum absolute atomic E-state index is 13.1. The number of likely N-dealkylation sites (tertiary alicyclic amines) is 1. The zero-order chi connectivity index (χ0) is 28.8. The van der Waals surface area contributed by atoms with Crippen LogP contribution in [0, 0.1) is 5.41 Å². The summed E-state index contributed by atoms with van der Waals surface area (Å²) in [4.78, 5) is 32.8. The van der Waals surface area contributed by atoms with E-state index in [0.29, 0.717) is 28.2 Å². The molecule has 1 amide bonds. The van der Waals surface area contributed by atoms with Crippen LogP contribution in [-0.2, 0) is 6.54 Å². The summed E-state index contributed by atoms with van der Waals surface area (Å²) < 4.78 is 0. The van der Waals surface area contributed by atoms with Crippen molar-refractivity contribution in [3.8, 4) is 0 Å². The molecule has 7 nitrogen and oxygen atoms in total. The van der Waals surface area contributed by atoms with Gasteiger partial charge in [-0.3, -0.25) is 14.5 Å². The van der Waals surface area contributed by atoms with Crippen LogP contribution in [0.3, 0.4) is 0 Å². The van der Waals surface area contributed by atoms with E-state index in [0.717, 1.165) is 32.5 Å². The molecule has 1 aromatic heterocycles. The van der Waals surface area contributed by atoms with Crippen LogP contribution in [-0.4, -0.2) is 46.4 Å². The first-order chi connectivity index (χ1) is 19.9. The average molecular weight is 566 g/mol. The SMILES string of the molecule is CC(=N)c1c(NC2CCN(Cc3ccccc3)CC2)ncc(C(=O)Nc2ccc(C(=O)c3ccccc3)cc2)c1Cl. The number of pyridine rings is 1. The van der Waals surface area contributed by atoms with Gasteiger partial charge in [0.2, 0.25) is 0 Å². The Hall–Kier alpha value is -4.33. The minimum Gasteiger partial charge on any atom is -0.367 e. The number of hydrogen-bond acceptors (Lipinski definition) is 6. The van der Waals surface area contributed by atoms with Crippen LogP contribution in [0.5, 0.6) is 0 Å². The number of piperidine rings is 1. The maximum atomic E-state index is 13.1. The molecule has 0 unspecified atom stereocenters. The maximum Gasteiger partial charge on any atom is 0.258 e. The minimum atomic E-state index is -0.437. The fourth-order valence-corrected chi connectivity index (χ4v) is 5.39. The molecule has 1 saturated heterocycles. The fourth-order valence-electron chi connectivity index (χ4n) is 5.03. The topological polar surface area (TPSA) is 98.2 Å². The number of ketones is 1. The van der Waals surface area contributed by atoms with Crippen molar-refractivity contribution in [1.82, 2.24) is 9.88 Å². The third-order valence-corrected chi connectivity index (χ3v) is 7.65. The first-order valence-electron chi connectivity index (χ1n) is 13.7. The number of hydrogen-bond donors (Lipinski definition) is 3. The molecule has 1 aliphatic heterocycles. The highest BCUT2D eigenvalue weighted by Crippen LogP contribution is 2.29. The first kappa shape index (κ1) is 28.2. The molecule has 1 aliphatic rings. The summed E-state index contributed by atoms with van der Waals surface area (Å²) in [6, 6.07) is 26.4. The number of halogens is 1. The molecule has 0 saturated carbocycles. The lowest BCUT2D eigenvalue weighted by Gasteiger charge is -2.33. The van der Waals surface area contributed by atoms with Crippen LogP contribution in [0.2, 0.25) is 5.02 Å². The Morgan fingerprint density at radius 1 is 0.927 bits per heavy atom. The van der Waals surface area contributed by atoms with E-state index < -0.39 is 5.91 Å². The van der Waals surface area contributed by atoms with Gasteiger partial charge in [-0.1, -0.05) is 72.3 Å². The Morgan fingerprint density at radius 3 is 2.17 bits per heavy atom. The van der Waals surface area contributed by atoms with Crippen molar-refractivity contribution < 1.29 is 9.59 Å². The predicted octanol–water partition coefficient (Wildman–Crippen LogP) is 6.68. The molecule has 0 aliphatic carbocycles. The van der Waals surface area contributed by atoms with Crippen molar-refractivity contribution in [3.05, 3.63) is 124 Å². The van der Waals surface area contributed by atoms with Gasteiger partial charge in [0.05, 0.1) is 16.1 Å². The van der Waals surface area contributed by atoms with E-state index in [1.54, 1.807) is 43.3 Å². The van der Waals surface area contributed by atoms with E-state index in [9.17, 15) is 9.59 Å². The van der Waals surface area contributed by atoms with Crippen molar-refractivity contribution in [2.75, 3.05) is 23.7 Å². The van der Waals surface area contributed by atoms with Crippen molar-refractivity contribution in [2.45, 2.75) is 32.4 Å².